The van der Waals surface area contributed by atoms with Crippen LogP contribution in [0.4, 0.5) is 0 Å². The van der Waals surface area contributed by atoms with Crippen LogP contribution < -0.4 is 5.32 Å². The summed E-state index contributed by atoms with van der Waals surface area (Å²) in [5.41, 5.74) is 0.752. The molecule has 1 atom stereocenters. The van der Waals surface area contributed by atoms with E-state index in [1.54, 1.807) is 34.9 Å². The fraction of sp³-hybridized carbons (Fsp3) is 0.364. The number of carbonyl (C=O) groups is 2. The molecule has 2 aromatic rings. The van der Waals surface area contributed by atoms with E-state index in [0.717, 1.165) is 10.5 Å². The number of rotatable bonds is 10. The van der Waals surface area contributed by atoms with Crippen molar-refractivity contribution < 1.29 is 9.59 Å². The van der Waals surface area contributed by atoms with Crippen LogP contribution in [0.1, 0.15) is 32.3 Å². The lowest BCUT2D eigenvalue weighted by Gasteiger charge is -2.31. The van der Waals surface area contributed by atoms with E-state index in [1.165, 1.54) is 0 Å². The van der Waals surface area contributed by atoms with Gasteiger partial charge in [0.1, 0.15) is 6.04 Å². The second-order valence-corrected chi connectivity index (χ2v) is 9.08. The van der Waals surface area contributed by atoms with Gasteiger partial charge in [-0.3, -0.25) is 9.59 Å². The van der Waals surface area contributed by atoms with Gasteiger partial charge in [0.15, 0.2) is 0 Å². The summed E-state index contributed by atoms with van der Waals surface area (Å²) in [5.74, 6) is 0.335. The smallest absolute Gasteiger partial charge is 0.242 e. The minimum atomic E-state index is -0.565. The van der Waals surface area contributed by atoms with Crippen LogP contribution in [0.3, 0.4) is 0 Å². The van der Waals surface area contributed by atoms with Gasteiger partial charge in [0, 0.05) is 45.2 Å². The molecule has 0 bridgehead atoms. The lowest BCUT2D eigenvalue weighted by atomic mass is 10.1. The van der Waals surface area contributed by atoms with Crippen molar-refractivity contribution in [1.29, 1.82) is 0 Å². The van der Waals surface area contributed by atoms with E-state index in [9.17, 15) is 9.59 Å². The van der Waals surface area contributed by atoms with Crippen LogP contribution in [0.15, 0.2) is 47.4 Å². The van der Waals surface area contributed by atoms with Gasteiger partial charge in [0.25, 0.3) is 0 Å². The topological polar surface area (TPSA) is 49.4 Å². The molecular formula is C22H25Cl3N2O2S. The van der Waals surface area contributed by atoms with Crippen molar-refractivity contribution in [3.8, 4) is 0 Å². The Labute approximate surface area is 197 Å². The maximum Gasteiger partial charge on any atom is 0.242 e. The molecule has 0 saturated carbocycles. The number of amides is 2. The van der Waals surface area contributed by atoms with E-state index in [2.05, 4.69) is 5.32 Å². The zero-order chi connectivity index (χ0) is 22.1. The second kappa shape index (κ2) is 12.5. The average Bonchev–Trinajstić information content (AvgIpc) is 2.71. The first-order valence-electron chi connectivity index (χ1n) is 9.75. The normalized spacial score (nSPS) is 11.8. The van der Waals surface area contributed by atoms with Crippen molar-refractivity contribution in [2.75, 3.05) is 12.3 Å². The number of hydrogen-bond donors (Lipinski definition) is 1. The minimum Gasteiger partial charge on any atom is -0.355 e. The Balaban J connectivity index is 2.14. The molecule has 0 radical (unpaired) electrons. The van der Waals surface area contributed by atoms with E-state index < -0.39 is 6.04 Å². The van der Waals surface area contributed by atoms with Crippen LogP contribution in [-0.2, 0) is 16.1 Å². The molecule has 0 spiro atoms. The molecule has 0 saturated heterocycles. The molecule has 2 aromatic carbocycles. The number of hydrogen-bond acceptors (Lipinski definition) is 3. The number of thioether (sulfide) groups is 1. The highest BCUT2D eigenvalue weighted by atomic mass is 35.5. The van der Waals surface area contributed by atoms with Crippen LogP contribution in [0, 0.1) is 0 Å². The van der Waals surface area contributed by atoms with E-state index in [1.807, 2.05) is 38.1 Å². The first-order valence-corrected chi connectivity index (χ1v) is 11.9. The molecule has 0 aliphatic carbocycles. The van der Waals surface area contributed by atoms with Crippen molar-refractivity contribution in [2.45, 2.75) is 44.2 Å². The number of likely N-dealkylation sites (N-methyl/N-ethyl adjacent to an activating group) is 1. The Kier molecular flexibility index (Phi) is 10.3. The molecular weight excluding hydrogens is 463 g/mol. The summed E-state index contributed by atoms with van der Waals surface area (Å²) in [5, 5.41) is 4.50. The molecule has 0 aliphatic rings. The third-order valence-corrected chi connectivity index (χ3v) is 6.34. The third kappa shape index (κ3) is 7.38. The van der Waals surface area contributed by atoms with Gasteiger partial charge in [-0.25, -0.2) is 0 Å². The highest BCUT2D eigenvalue weighted by Gasteiger charge is 2.28. The highest BCUT2D eigenvalue weighted by Crippen LogP contribution is 2.25. The van der Waals surface area contributed by atoms with E-state index in [4.69, 9.17) is 34.8 Å². The molecule has 30 heavy (non-hydrogen) atoms. The number of benzene rings is 2. The van der Waals surface area contributed by atoms with Gasteiger partial charge < -0.3 is 10.2 Å². The molecule has 0 unspecified atom stereocenters. The predicted octanol–water partition coefficient (Wildman–Crippen LogP) is 6.07. The summed E-state index contributed by atoms with van der Waals surface area (Å²) in [7, 11) is 0. The maximum absolute atomic E-state index is 13.1. The standard InChI is InChI=1S/C22H25Cl3N2O2S/c1-3-20(22(29)26-4-2)27(14-15-5-6-17(24)13-19(15)25)21(28)11-12-30-18-9-7-16(23)8-10-18/h5-10,13,20H,3-4,11-12,14H2,1-2H3,(H,26,29)/t20-/m1/s1. The summed E-state index contributed by atoms with van der Waals surface area (Å²) >= 11 is 19.8. The first-order chi connectivity index (χ1) is 14.3. The van der Waals surface area contributed by atoms with Gasteiger partial charge in [0.2, 0.25) is 11.8 Å². The lowest BCUT2D eigenvalue weighted by molar-refractivity contribution is -0.141. The summed E-state index contributed by atoms with van der Waals surface area (Å²) < 4.78 is 0. The molecule has 1 N–H and O–H groups in total. The molecule has 2 rings (SSSR count). The first kappa shape index (κ1) is 24.9. The van der Waals surface area contributed by atoms with Gasteiger partial charge in [-0.1, -0.05) is 47.8 Å². The fourth-order valence-electron chi connectivity index (χ4n) is 2.98. The zero-order valence-electron chi connectivity index (χ0n) is 17.0. The van der Waals surface area contributed by atoms with Gasteiger partial charge >= 0.3 is 0 Å². The maximum atomic E-state index is 13.1. The monoisotopic (exact) mass is 486 g/mol. The van der Waals surface area contributed by atoms with E-state index in [0.29, 0.717) is 40.2 Å². The Hall–Kier alpha value is -1.40. The zero-order valence-corrected chi connectivity index (χ0v) is 20.0. The van der Waals surface area contributed by atoms with Crippen LogP contribution in [0.2, 0.25) is 15.1 Å². The largest absolute Gasteiger partial charge is 0.355 e. The molecule has 8 heteroatoms. The SMILES string of the molecule is CCNC(=O)[C@@H](CC)N(Cc1ccc(Cl)cc1Cl)C(=O)CCSc1ccc(Cl)cc1. The molecule has 0 heterocycles. The Morgan fingerprint density at radius 3 is 2.30 bits per heavy atom. The minimum absolute atomic E-state index is 0.0967. The summed E-state index contributed by atoms with van der Waals surface area (Å²) in [6.07, 6.45) is 0.807. The van der Waals surface area contributed by atoms with Crippen LogP contribution in [0.25, 0.3) is 0 Å². The molecule has 162 valence electrons. The summed E-state index contributed by atoms with van der Waals surface area (Å²) in [6.45, 7) is 4.50. The fourth-order valence-corrected chi connectivity index (χ4v) is 4.41. The Bertz CT molecular complexity index is 862. The molecule has 0 fully saturated rings. The Morgan fingerprint density at radius 2 is 1.70 bits per heavy atom. The van der Waals surface area contributed by atoms with E-state index >= 15 is 0 Å². The molecule has 0 aromatic heterocycles. The van der Waals surface area contributed by atoms with E-state index in [-0.39, 0.29) is 18.4 Å². The number of halogens is 3. The predicted molar refractivity (Wildman–Crippen MR) is 127 cm³/mol. The van der Waals surface area contributed by atoms with Gasteiger partial charge in [-0.2, -0.15) is 0 Å². The van der Waals surface area contributed by atoms with Crippen molar-refractivity contribution in [2.24, 2.45) is 0 Å². The van der Waals surface area contributed by atoms with Crippen LogP contribution in [-0.4, -0.2) is 35.1 Å². The Morgan fingerprint density at radius 1 is 1.03 bits per heavy atom. The highest BCUT2D eigenvalue weighted by molar-refractivity contribution is 7.99. The second-order valence-electron chi connectivity index (χ2n) is 6.63. The van der Waals surface area contributed by atoms with Gasteiger partial charge in [-0.15, -0.1) is 11.8 Å². The van der Waals surface area contributed by atoms with Crippen molar-refractivity contribution >= 4 is 58.4 Å². The quantitative estimate of drug-likeness (QED) is 0.414. The van der Waals surface area contributed by atoms with Crippen molar-refractivity contribution in [1.82, 2.24) is 10.2 Å². The van der Waals surface area contributed by atoms with Gasteiger partial charge in [0.05, 0.1) is 0 Å². The van der Waals surface area contributed by atoms with Gasteiger partial charge in [-0.05, 0) is 55.3 Å². The lowest BCUT2D eigenvalue weighted by Crippen LogP contribution is -2.49. The molecule has 0 aliphatic heterocycles. The summed E-state index contributed by atoms with van der Waals surface area (Å²) in [4.78, 5) is 28.4. The van der Waals surface area contributed by atoms with Crippen molar-refractivity contribution in [3.05, 3.63) is 63.1 Å². The number of nitrogens with zero attached hydrogens (tertiary/aromatic N) is 1. The molecule has 4 nitrogen and oxygen atoms in total. The summed E-state index contributed by atoms with van der Waals surface area (Å²) in [6, 6.07) is 12.1. The average molecular weight is 488 g/mol. The number of carbonyl (C=O) groups excluding carboxylic acids is 2. The van der Waals surface area contributed by atoms with Crippen LogP contribution >= 0.6 is 46.6 Å². The molecule has 2 amide bonds. The van der Waals surface area contributed by atoms with Crippen LogP contribution in [0.5, 0.6) is 0 Å². The third-order valence-electron chi connectivity index (χ3n) is 4.49. The number of nitrogens with one attached hydrogen (secondary N) is 1. The van der Waals surface area contributed by atoms with Crippen molar-refractivity contribution in [3.63, 3.8) is 0 Å².